The Hall–Kier alpha value is -2.14. The summed E-state index contributed by atoms with van der Waals surface area (Å²) < 4.78 is 0. The first kappa shape index (κ1) is 17.2. The SMILES string of the molecule is CCC(CC)N(C)C(=O)c1cccc(NC(=O)c2cccs2)c1. The summed E-state index contributed by atoms with van der Waals surface area (Å²) in [7, 11) is 1.83. The summed E-state index contributed by atoms with van der Waals surface area (Å²) in [4.78, 5) is 27.1. The Morgan fingerprint density at radius 2 is 1.91 bits per heavy atom. The molecule has 0 spiro atoms. The van der Waals surface area contributed by atoms with E-state index in [0.717, 1.165) is 12.8 Å². The predicted molar refractivity (Wildman–Crippen MR) is 95.2 cm³/mol. The summed E-state index contributed by atoms with van der Waals surface area (Å²) >= 11 is 1.39. The van der Waals surface area contributed by atoms with Crippen LogP contribution in [-0.2, 0) is 0 Å². The van der Waals surface area contributed by atoms with Crippen molar-refractivity contribution in [1.82, 2.24) is 4.90 Å². The predicted octanol–water partition coefficient (Wildman–Crippen LogP) is 4.26. The summed E-state index contributed by atoms with van der Waals surface area (Å²) in [6, 6.07) is 10.9. The van der Waals surface area contributed by atoms with E-state index in [1.54, 1.807) is 35.2 Å². The number of thiophene rings is 1. The van der Waals surface area contributed by atoms with Gasteiger partial charge in [-0.25, -0.2) is 0 Å². The molecule has 0 aliphatic heterocycles. The average Bonchev–Trinajstić information content (AvgIpc) is 3.10. The molecule has 0 aliphatic carbocycles. The lowest BCUT2D eigenvalue weighted by atomic mass is 10.1. The highest BCUT2D eigenvalue weighted by Gasteiger charge is 2.18. The average molecular weight is 330 g/mol. The number of hydrogen-bond donors (Lipinski definition) is 1. The van der Waals surface area contributed by atoms with E-state index in [0.29, 0.717) is 16.1 Å². The van der Waals surface area contributed by atoms with Crippen molar-refractivity contribution >= 4 is 28.8 Å². The van der Waals surface area contributed by atoms with Gasteiger partial charge in [-0.1, -0.05) is 26.0 Å². The molecule has 1 N–H and O–H groups in total. The van der Waals surface area contributed by atoms with Crippen molar-refractivity contribution in [2.24, 2.45) is 0 Å². The molecule has 1 aromatic carbocycles. The lowest BCUT2D eigenvalue weighted by Crippen LogP contribution is -2.36. The van der Waals surface area contributed by atoms with Gasteiger partial charge in [-0.3, -0.25) is 9.59 Å². The number of rotatable bonds is 6. The minimum atomic E-state index is -0.155. The number of amides is 2. The third-order valence-electron chi connectivity index (χ3n) is 3.92. The second-order valence-corrected chi connectivity index (χ2v) is 6.35. The molecule has 4 nitrogen and oxygen atoms in total. The molecule has 2 rings (SSSR count). The number of anilines is 1. The van der Waals surface area contributed by atoms with Gasteiger partial charge in [0.05, 0.1) is 4.88 Å². The second-order valence-electron chi connectivity index (χ2n) is 5.40. The minimum Gasteiger partial charge on any atom is -0.339 e. The van der Waals surface area contributed by atoms with Crippen molar-refractivity contribution in [2.45, 2.75) is 32.7 Å². The maximum atomic E-state index is 12.6. The molecule has 0 radical (unpaired) electrons. The largest absolute Gasteiger partial charge is 0.339 e. The van der Waals surface area contributed by atoms with Gasteiger partial charge in [0.1, 0.15) is 0 Å². The van der Waals surface area contributed by atoms with E-state index >= 15 is 0 Å². The van der Waals surface area contributed by atoms with Crippen LogP contribution < -0.4 is 5.32 Å². The van der Waals surface area contributed by atoms with Gasteiger partial charge in [-0.15, -0.1) is 11.3 Å². The molecule has 0 unspecified atom stereocenters. The van der Waals surface area contributed by atoms with Crippen molar-refractivity contribution in [2.75, 3.05) is 12.4 Å². The van der Waals surface area contributed by atoms with Crippen LogP contribution in [-0.4, -0.2) is 29.8 Å². The summed E-state index contributed by atoms with van der Waals surface area (Å²) in [5, 5.41) is 4.70. The van der Waals surface area contributed by atoms with Crippen LogP contribution in [0.5, 0.6) is 0 Å². The first-order valence-electron chi connectivity index (χ1n) is 7.78. The van der Waals surface area contributed by atoms with Crippen LogP contribution in [0.25, 0.3) is 0 Å². The van der Waals surface area contributed by atoms with Gasteiger partial charge in [0.2, 0.25) is 0 Å². The third kappa shape index (κ3) is 4.20. The van der Waals surface area contributed by atoms with E-state index in [1.165, 1.54) is 11.3 Å². The van der Waals surface area contributed by atoms with Crippen LogP contribution in [0.4, 0.5) is 5.69 Å². The number of hydrogen-bond acceptors (Lipinski definition) is 3. The molecule has 0 saturated heterocycles. The molecule has 0 aliphatic rings. The molecule has 0 atom stereocenters. The van der Waals surface area contributed by atoms with E-state index < -0.39 is 0 Å². The van der Waals surface area contributed by atoms with Gasteiger partial charge < -0.3 is 10.2 Å². The molecule has 0 saturated carbocycles. The van der Waals surface area contributed by atoms with E-state index in [-0.39, 0.29) is 17.9 Å². The minimum absolute atomic E-state index is 0.0223. The highest BCUT2D eigenvalue weighted by Crippen LogP contribution is 2.17. The first-order chi connectivity index (χ1) is 11.1. The highest BCUT2D eigenvalue weighted by atomic mass is 32.1. The van der Waals surface area contributed by atoms with E-state index in [2.05, 4.69) is 19.2 Å². The zero-order valence-corrected chi connectivity index (χ0v) is 14.5. The summed E-state index contributed by atoms with van der Waals surface area (Å²) in [6.45, 7) is 4.16. The summed E-state index contributed by atoms with van der Waals surface area (Å²) in [6.07, 6.45) is 1.85. The normalized spacial score (nSPS) is 10.6. The zero-order chi connectivity index (χ0) is 16.8. The van der Waals surface area contributed by atoms with Crippen LogP contribution in [0.1, 0.15) is 46.7 Å². The molecule has 23 heavy (non-hydrogen) atoms. The first-order valence-corrected chi connectivity index (χ1v) is 8.66. The van der Waals surface area contributed by atoms with Crippen LogP contribution >= 0.6 is 11.3 Å². The van der Waals surface area contributed by atoms with Gasteiger partial charge >= 0.3 is 0 Å². The molecule has 2 aromatic rings. The Balaban J connectivity index is 2.13. The van der Waals surface area contributed by atoms with Gasteiger partial charge in [-0.2, -0.15) is 0 Å². The quantitative estimate of drug-likeness (QED) is 0.860. The molecule has 2 amide bonds. The van der Waals surface area contributed by atoms with Crippen LogP contribution in [0.2, 0.25) is 0 Å². The topological polar surface area (TPSA) is 49.4 Å². The zero-order valence-electron chi connectivity index (χ0n) is 13.7. The Labute approximate surface area is 141 Å². The fourth-order valence-electron chi connectivity index (χ4n) is 2.54. The number of carbonyl (C=O) groups excluding carboxylic acids is 2. The molecule has 122 valence electrons. The van der Waals surface area contributed by atoms with Crippen molar-refractivity contribution in [1.29, 1.82) is 0 Å². The van der Waals surface area contributed by atoms with Crippen molar-refractivity contribution in [3.63, 3.8) is 0 Å². The number of benzene rings is 1. The molecule has 0 bridgehead atoms. The Bertz CT molecular complexity index is 663. The number of carbonyl (C=O) groups is 2. The summed E-state index contributed by atoms with van der Waals surface area (Å²) in [5.41, 5.74) is 1.22. The third-order valence-corrected chi connectivity index (χ3v) is 4.79. The Kier molecular flexibility index (Phi) is 5.93. The fourth-order valence-corrected chi connectivity index (χ4v) is 3.16. The van der Waals surface area contributed by atoms with Crippen molar-refractivity contribution < 1.29 is 9.59 Å². The molecule has 0 fully saturated rings. The van der Waals surface area contributed by atoms with E-state index in [4.69, 9.17) is 0 Å². The fraction of sp³-hybridized carbons (Fsp3) is 0.333. The molecular weight excluding hydrogens is 308 g/mol. The smallest absolute Gasteiger partial charge is 0.265 e. The van der Waals surface area contributed by atoms with Gasteiger partial charge in [0.25, 0.3) is 11.8 Å². The van der Waals surface area contributed by atoms with Crippen molar-refractivity contribution in [3.8, 4) is 0 Å². The molecular formula is C18H22N2O2S. The number of nitrogens with one attached hydrogen (secondary N) is 1. The number of nitrogens with zero attached hydrogens (tertiary/aromatic N) is 1. The summed E-state index contributed by atoms with van der Waals surface area (Å²) in [5.74, 6) is -0.177. The maximum absolute atomic E-state index is 12.6. The lowest BCUT2D eigenvalue weighted by molar-refractivity contribution is 0.0723. The maximum Gasteiger partial charge on any atom is 0.265 e. The monoisotopic (exact) mass is 330 g/mol. The standard InChI is InChI=1S/C18H22N2O2S/c1-4-15(5-2)20(3)18(22)13-8-6-9-14(12-13)19-17(21)16-10-7-11-23-16/h6-12,15H,4-5H2,1-3H3,(H,19,21). The van der Waals surface area contributed by atoms with Crippen LogP contribution in [0, 0.1) is 0 Å². The van der Waals surface area contributed by atoms with E-state index in [9.17, 15) is 9.59 Å². The Morgan fingerprint density at radius 1 is 1.17 bits per heavy atom. The van der Waals surface area contributed by atoms with Crippen LogP contribution in [0.15, 0.2) is 41.8 Å². The second kappa shape index (κ2) is 7.92. The molecule has 1 heterocycles. The van der Waals surface area contributed by atoms with Crippen LogP contribution in [0.3, 0.4) is 0 Å². The van der Waals surface area contributed by atoms with Gasteiger partial charge in [-0.05, 0) is 42.5 Å². The lowest BCUT2D eigenvalue weighted by Gasteiger charge is -2.26. The van der Waals surface area contributed by atoms with Crippen molar-refractivity contribution in [3.05, 3.63) is 52.2 Å². The van der Waals surface area contributed by atoms with Gasteiger partial charge in [0.15, 0.2) is 0 Å². The molecule has 1 aromatic heterocycles. The Morgan fingerprint density at radius 3 is 2.52 bits per heavy atom. The van der Waals surface area contributed by atoms with Gasteiger partial charge in [0, 0.05) is 24.3 Å². The molecule has 5 heteroatoms. The van der Waals surface area contributed by atoms with E-state index in [1.807, 2.05) is 18.5 Å². The highest BCUT2D eigenvalue weighted by molar-refractivity contribution is 7.12.